The average molecular weight is 448 g/mol. The monoisotopic (exact) mass is 447 g/mol. The van der Waals surface area contributed by atoms with Crippen molar-refractivity contribution in [2.75, 3.05) is 5.43 Å². The minimum Gasteiger partial charge on any atom is -0.434 e. The van der Waals surface area contributed by atoms with Crippen LogP contribution in [0.4, 0.5) is 11.5 Å². The molecule has 0 aliphatic rings. The Labute approximate surface area is 181 Å². The van der Waals surface area contributed by atoms with Gasteiger partial charge < -0.3 is 4.74 Å². The predicted molar refractivity (Wildman–Crippen MR) is 112 cm³/mol. The molecule has 0 bridgehead atoms. The maximum atomic E-state index is 12.3. The first-order valence-electron chi connectivity index (χ1n) is 8.52. The van der Waals surface area contributed by atoms with Crippen molar-refractivity contribution < 1.29 is 14.5 Å². The molecule has 0 saturated heterocycles. The van der Waals surface area contributed by atoms with Crippen LogP contribution >= 0.6 is 23.2 Å². The van der Waals surface area contributed by atoms with Gasteiger partial charge in [0.1, 0.15) is 12.1 Å². The molecule has 0 radical (unpaired) electrons. The predicted octanol–water partition coefficient (Wildman–Crippen LogP) is 4.86. The Balaban J connectivity index is 1.87. The molecule has 0 aliphatic heterocycles. The molecular formula is C19H15Cl2N5O4. The number of hydrogen-bond acceptors (Lipinski definition) is 7. The molecule has 1 amide bonds. The first kappa shape index (κ1) is 21.3. The molecule has 3 aromatic rings. The van der Waals surface area contributed by atoms with Crippen LogP contribution in [0.25, 0.3) is 0 Å². The third-order valence-electron chi connectivity index (χ3n) is 4.01. The van der Waals surface area contributed by atoms with Crippen molar-refractivity contribution in [1.29, 1.82) is 0 Å². The molecule has 9 nitrogen and oxygen atoms in total. The third kappa shape index (κ3) is 4.58. The SMILES string of the molecule is Cc1cc(Oc2ncnc(NNC(=O)c3ccccc3Cl)c2[N+](=O)[O-])cc(C)c1Cl. The van der Waals surface area contributed by atoms with E-state index in [0.717, 1.165) is 17.5 Å². The summed E-state index contributed by atoms with van der Waals surface area (Å²) in [5.41, 5.74) is 5.87. The van der Waals surface area contributed by atoms with Crippen molar-refractivity contribution in [2.45, 2.75) is 13.8 Å². The lowest BCUT2D eigenvalue weighted by Gasteiger charge is -2.12. The van der Waals surface area contributed by atoms with Crippen molar-refractivity contribution in [3.63, 3.8) is 0 Å². The summed E-state index contributed by atoms with van der Waals surface area (Å²) >= 11 is 12.1. The highest BCUT2D eigenvalue weighted by Crippen LogP contribution is 2.35. The number of benzene rings is 2. The molecule has 1 heterocycles. The van der Waals surface area contributed by atoms with E-state index in [1.165, 1.54) is 6.07 Å². The Bertz CT molecular complexity index is 1120. The van der Waals surface area contributed by atoms with Crippen LogP contribution in [-0.2, 0) is 0 Å². The minimum absolute atomic E-state index is 0.187. The van der Waals surface area contributed by atoms with E-state index >= 15 is 0 Å². The molecular weight excluding hydrogens is 433 g/mol. The number of nitrogens with zero attached hydrogens (tertiary/aromatic N) is 3. The zero-order valence-electron chi connectivity index (χ0n) is 15.8. The van der Waals surface area contributed by atoms with E-state index in [0.29, 0.717) is 10.8 Å². The number of ether oxygens (including phenoxy) is 1. The maximum Gasteiger partial charge on any atom is 0.374 e. The Morgan fingerprint density at radius 2 is 1.80 bits per heavy atom. The first-order chi connectivity index (χ1) is 14.3. The molecule has 3 rings (SSSR count). The molecule has 11 heteroatoms. The lowest BCUT2D eigenvalue weighted by Crippen LogP contribution is -2.30. The van der Waals surface area contributed by atoms with Crippen molar-refractivity contribution >= 4 is 40.6 Å². The van der Waals surface area contributed by atoms with Gasteiger partial charge in [0.2, 0.25) is 5.82 Å². The van der Waals surface area contributed by atoms with E-state index in [9.17, 15) is 14.9 Å². The smallest absolute Gasteiger partial charge is 0.374 e. The summed E-state index contributed by atoms with van der Waals surface area (Å²) in [6, 6.07) is 9.63. The molecule has 0 atom stereocenters. The fourth-order valence-corrected chi connectivity index (χ4v) is 2.93. The lowest BCUT2D eigenvalue weighted by atomic mass is 10.1. The number of anilines is 1. The van der Waals surface area contributed by atoms with Gasteiger partial charge in [0.15, 0.2) is 0 Å². The van der Waals surface area contributed by atoms with Gasteiger partial charge in [-0.15, -0.1) is 0 Å². The van der Waals surface area contributed by atoms with Gasteiger partial charge in [0.05, 0.1) is 15.5 Å². The quantitative estimate of drug-likeness (QED) is 0.408. The van der Waals surface area contributed by atoms with Gasteiger partial charge in [-0.25, -0.2) is 4.98 Å². The average Bonchev–Trinajstić information content (AvgIpc) is 2.70. The van der Waals surface area contributed by atoms with Crippen LogP contribution < -0.4 is 15.6 Å². The number of aromatic nitrogens is 2. The topological polar surface area (TPSA) is 119 Å². The number of halogens is 2. The molecule has 0 fully saturated rings. The number of amides is 1. The Morgan fingerprint density at radius 1 is 1.13 bits per heavy atom. The van der Waals surface area contributed by atoms with Crippen LogP contribution in [0.2, 0.25) is 10.0 Å². The van der Waals surface area contributed by atoms with Gasteiger partial charge >= 0.3 is 11.6 Å². The normalized spacial score (nSPS) is 10.4. The van der Waals surface area contributed by atoms with Crippen LogP contribution in [0, 0.1) is 24.0 Å². The van der Waals surface area contributed by atoms with Crippen LogP contribution in [0.15, 0.2) is 42.7 Å². The highest BCUT2D eigenvalue weighted by molar-refractivity contribution is 6.33. The maximum absolute atomic E-state index is 12.3. The zero-order valence-corrected chi connectivity index (χ0v) is 17.3. The summed E-state index contributed by atoms with van der Waals surface area (Å²) in [4.78, 5) is 30.9. The highest BCUT2D eigenvalue weighted by atomic mass is 35.5. The summed E-state index contributed by atoms with van der Waals surface area (Å²) < 4.78 is 5.61. The second-order valence-electron chi connectivity index (χ2n) is 6.17. The van der Waals surface area contributed by atoms with E-state index in [1.54, 1.807) is 44.2 Å². The summed E-state index contributed by atoms with van der Waals surface area (Å²) in [6.45, 7) is 3.57. The number of carbonyl (C=O) groups excluding carboxylic acids is 1. The molecule has 30 heavy (non-hydrogen) atoms. The van der Waals surface area contributed by atoms with Gasteiger partial charge in [-0.2, -0.15) is 4.98 Å². The van der Waals surface area contributed by atoms with Crippen LogP contribution in [0.3, 0.4) is 0 Å². The number of nitrogens with one attached hydrogen (secondary N) is 2. The van der Waals surface area contributed by atoms with Crippen molar-refractivity contribution in [1.82, 2.24) is 15.4 Å². The Hall–Kier alpha value is -3.43. The van der Waals surface area contributed by atoms with Gasteiger partial charge in [-0.05, 0) is 49.2 Å². The van der Waals surface area contributed by atoms with E-state index in [-0.39, 0.29) is 22.3 Å². The summed E-state index contributed by atoms with van der Waals surface area (Å²) in [6.07, 6.45) is 1.07. The van der Waals surface area contributed by atoms with E-state index in [2.05, 4.69) is 20.8 Å². The fourth-order valence-electron chi connectivity index (χ4n) is 2.60. The van der Waals surface area contributed by atoms with Gasteiger partial charge in [-0.1, -0.05) is 35.3 Å². The van der Waals surface area contributed by atoms with Crippen LogP contribution in [-0.4, -0.2) is 20.8 Å². The summed E-state index contributed by atoms with van der Waals surface area (Å²) in [7, 11) is 0. The Kier molecular flexibility index (Phi) is 6.34. The fraction of sp³-hybridized carbons (Fsp3) is 0.105. The minimum atomic E-state index is -0.713. The molecule has 0 spiro atoms. The number of aryl methyl sites for hydroxylation is 2. The molecule has 1 aromatic heterocycles. The van der Waals surface area contributed by atoms with Crippen molar-refractivity contribution in [3.8, 4) is 11.6 Å². The van der Waals surface area contributed by atoms with Crippen molar-refractivity contribution in [2.24, 2.45) is 0 Å². The molecule has 0 unspecified atom stereocenters. The van der Waals surface area contributed by atoms with E-state index in [4.69, 9.17) is 27.9 Å². The lowest BCUT2D eigenvalue weighted by molar-refractivity contribution is -0.385. The molecule has 0 aliphatic carbocycles. The molecule has 2 aromatic carbocycles. The molecule has 0 saturated carbocycles. The number of carbonyl (C=O) groups is 1. The van der Waals surface area contributed by atoms with Crippen LogP contribution in [0.5, 0.6) is 11.6 Å². The molecule has 154 valence electrons. The van der Waals surface area contributed by atoms with Gasteiger partial charge in [0, 0.05) is 5.02 Å². The van der Waals surface area contributed by atoms with E-state index in [1.807, 2.05) is 0 Å². The van der Waals surface area contributed by atoms with Crippen LogP contribution in [0.1, 0.15) is 21.5 Å². The molecule has 2 N–H and O–H groups in total. The van der Waals surface area contributed by atoms with Crippen molar-refractivity contribution in [3.05, 3.63) is 79.6 Å². The number of hydrazine groups is 1. The second kappa shape index (κ2) is 8.93. The second-order valence-corrected chi connectivity index (χ2v) is 6.95. The number of nitro groups is 1. The number of hydrogen-bond donors (Lipinski definition) is 2. The summed E-state index contributed by atoms with van der Waals surface area (Å²) in [5, 5.41) is 12.4. The Morgan fingerprint density at radius 3 is 2.43 bits per heavy atom. The standard InChI is InChI=1S/C19H15Cl2N5O4/c1-10-7-12(8-11(2)15(10)21)30-19-16(26(28)29)17(22-9-23-19)24-25-18(27)13-5-3-4-6-14(13)20/h3-9H,1-2H3,(H,25,27)(H,22,23,24). The third-order valence-corrected chi connectivity index (χ3v) is 4.93. The first-order valence-corrected chi connectivity index (χ1v) is 9.28. The van der Waals surface area contributed by atoms with E-state index < -0.39 is 16.5 Å². The highest BCUT2D eigenvalue weighted by Gasteiger charge is 2.26. The van der Waals surface area contributed by atoms with Gasteiger partial charge in [-0.3, -0.25) is 25.8 Å². The number of rotatable bonds is 6. The summed E-state index contributed by atoms with van der Waals surface area (Å²) in [5.74, 6) is -0.833. The van der Waals surface area contributed by atoms with Gasteiger partial charge in [0.25, 0.3) is 5.91 Å². The zero-order chi connectivity index (χ0) is 21.8. The largest absolute Gasteiger partial charge is 0.434 e.